The molecule has 0 unspecified atom stereocenters. The molecule has 6 nitrogen and oxygen atoms in total. The van der Waals surface area contributed by atoms with E-state index in [1.807, 2.05) is 50.2 Å². The second-order valence-electron chi connectivity index (χ2n) is 6.67. The highest BCUT2D eigenvalue weighted by molar-refractivity contribution is 6.13. The fourth-order valence-electron chi connectivity index (χ4n) is 3.29. The van der Waals surface area contributed by atoms with Gasteiger partial charge in [-0.1, -0.05) is 29.8 Å². The lowest BCUT2D eigenvalue weighted by molar-refractivity contribution is 0.0950. The molecule has 27 heavy (non-hydrogen) atoms. The molecule has 0 aliphatic carbocycles. The van der Waals surface area contributed by atoms with Gasteiger partial charge in [-0.05, 0) is 18.9 Å². The molecule has 2 aromatic heterocycles. The van der Waals surface area contributed by atoms with Crippen molar-refractivity contribution < 1.29 is 14.3 Å². The van der Waals surface area contributed by atoms with Crippen LogP contribution in [0.4, 0.5) is 10.2 Å². The van der Waals surface area contributed by atoms with Crippen LogP contribution in [-0.2, 0) is 6.54 Å². The second-order valence-corrected chi connectivity index (χ2v) is 6.67. The highest BCUT2D eigenvalue weighted by Gasteiger charge is 2.27. The number of hydrogen-bond donors (Lipinski definition) is 1. The van der Waals surface area contributed by atoms with Gasteiger partial charge < -0.3 is 14.6 Å². The molecule has 0 aliphatic heterocycles. The molecule has 0 radical (unpaired) electrons. The summed E-state index contributed by atoms with van der Waals surface area (Å²) in [6, 6.07) is 7.74. The van der Waals surface area contributed by atoms with E-state index in [2.05, 4.69) is 9.97 Å². The van der Waals surface area contributed by atoms with Crippen molar-refractivity contribution in [3.63, 3.8) is 0 Å². The third kappa shape index (κ3) is 3.42. The van der Waals surface area contributed by atoms with E-state index in [4.69, 9.17) is 0 Å². The summed E-state index contributed by atoms with van der Waals surface area (Å²) in [5, 5.41) is 9.98. The lowest BCUT2D eigenvalue weighted by atomic mass is 10.00. The summed E-state index contributed by atoms with van der Waals surface area (Å²) in [6.07, 6.45) is 1.88. The fourth-order valence-corrected chi connectivity index (χ4v) is 3.29. The Hall–Kier alpha value is -2.80. The van der Waals surface area contributed by atoms with Gasteiger partial charge in [-0.25, -0.2) is 14.4 Å². The first-order chi connectivity index (χ1) is 13.0. The predicted molar refractivity (Wildman–Crippen MR) is 104 cm³/mol. The number of halogens is 1. The van der Waals surface area contributed by atoms with Crippen molar-refractivity contribution in [2.75, 3.05) is 32.3 Å². The summed E-state index contributed by atoms with van der Waals surface area (Å²) in [5.41, 5.74) is 3.37. The summed E-state index contributed by atoms with van der Waals surface area (Å²) in [4.78, 5) is 23.2. The van der Waals surface area contributed by atoms with Crippen LogP contribution in [-0.4, -0.2) is 52.8 Å². The number of aromatic nitrogens is 3. The van der Waals surface area contributed by atoms with E-state index in [0.717, 1.165) is 11.1 Å². The van der Waals surface area contributed by atoms with Gasteiger partial charge in [-0.15, -0.1) is 0 Å². The SMILES string of the molecule is Cc1ccc(-c2c(C(=O)CF)n(CCCO)c3ncnc(N(C)C)c23)cc1. The Morgan fingerprint density at radius 2 is 1.93 bits per heavy atom. The first-order valence-electron chi connectivity index (χ1n) is 8.81. The molecule has 0 spiro atoms. The number of rotatable bonds is 7. The maximum absolute atomic E-state index is 13.5. The molecule has 7 heteroatoms. The van der Waals surface area contributed by atoms with Crippen LogP contribution in [0.15, 0.2) is 30.6 Å². The number of hydrogen-bond acceptors (Lipinski definition) is 5. The Balaban J connectivity index is 2.44. The third-order valence-corrected chi connectivity index (χ3v) is 4.51. The molecule has 3 rings (SSSR count). The zero-order valence-electron chi connectivity index (χ0n) is 15.7. The van der Waals surface area contributed by atoms with E-state index in [1.165, 1.54) is 6.33 Å². The molecule has 2 heterocycles. The van der Waals surface area contributed by atoms with Gasteiger partial charge in [0.05, 0.1) is 11.1 Å². The number of aryl methyl sites for hydroxylation is 2. The number of nitrogens with zero attached hydrogens (tertiary/aromatic N) is 4. The van der Waals surface area contributed by atoms with Crippen molar-refractivity contribution >= 4 is 22.6 Å². The molecule has 0 bridgehead atoms. The van der Waals surface area contributed by atoms with Crippen LogP contribution in [0.2, 0.25) is 0 Å². The molecular weight excluding hydrogens is 347 g/mol. The van der Waals surface area contributed by atoms with E-state index >= 15 is 0 Å². The Bertz CT molecular complexity index is 964. The minimum absolute atomic E-state index is 0.0333. The monoisotopic (exact) mass is 370 g/mol. The molecule has 0 aliphatic rings. The van der Waals surface area contributed by atoms with Crippen molar-refractivity contribution in [1.82, 2.24) is 14.5 Å². The largest absolute Gasteiger partial charge is 0.396 e. The van der Waals surface area contributed by atoms with Gasteiger partial charge in [-0.2, -0.15) is 0 Å². The summed E-state index contributed by atoms with van der Waals surface area (Å²) < 4.78 is 15.2. The number of ketones is 1. The fraction of sp³-hybridized carbons (Fsp3) is 0.350. The minimum atomic E-state index is -1.10. The molecule has 0 saturated carbocycles. The average Bonchev–Trinajstić information content (AvgIpc) is 3.00. The first kappa shape index (κ1) is 19.0. The number of Topliss-reactive ketones (excluding diaryl/α,β-unsaturated/α-hetero) is 1. The van der Waals surface area contributed by atoms with Crippen LogP contribution in [0.5, 0.6) is 0 Å². The van der Waals surface area contributed by atoms with Crippen LogP contribution >= 0.6 is 0 Å². The van der Waals surface area contributed by atoms with Gasteiger partial charge in [-0.3, -0.25) is 4.79 Å². The van der Waals surface area contributed by atoms with Crippen LogP contribution in [0.25, 0.3) is 22.2 Å². The summed E-state index contributed by atoms with van der Waals surface area (Å²) in [5.74, 6) is 0.0532. The first-order valence-corrected chi connectivity index (χ1v) is 8.81. The number of alkyl halides is 1. The minimum Gasteiger partial charge on any atom is -0.396 e. The zero-order chi connectivity index (χ0) is 19.6. The Morgan fingerprint density at radius 3 is 2.52 bits per heavy atom. The van der Waals surface area contributed by atoms with Gasteiger partial charge >= 0.3 is 0 Å². The molecule has 1 N–H and O–H groups in total. The number of carbonyl (C=O) groups excluding carboxylic acids is 1. The molecule has 0 fully saturated rings. The molecule has 3 aromatic rings. The maximum atomic E-state index is 13.5. The molecular formula is C20H23FN4O2. The van der Waals surface area contributed by atoms with Gasteiger partial charge in [0.2, 0.25) is 5.78 Å². The number of carbonyl (C=O) groups is 1. The van der Waals surface area contributed by atoms with Crippen LogP contribution in [0.1, 0.15) is 22.5 Å². The third-order valence-electron chi connectivity index (χ3n) is 4.51. The van der Waals surface area contributed by atoms with Gasteiger partial charge in [0, 0.05) is 32.8 Å². The Kier molecular flexibility index (Phi) is 5.51. The van der Waals surface area contributed by atoms with Gasteiger partial charge in [0.15, 0.2) is 6.67 Å². The zero-order valence-corrected chi connectivity index (χ0v) is 15.7. The van der Waals surface area contributed by atoms with Crippen molar-refractivity contribution in [3.8, 4) is 11.1 Å². The van der Waals surface area contributed by atoms with Crippen LogP contribution < -0.4 is 4.90 Å². The predicted octanol–water partition coefficient (Wildman–Crippen LogP) is 3.01. The van der Waals surface area contributed by atoms with Gasteiger partial charge in [0.25, 0.3) is 0 Å². The number of fused-ring (bicyclic) bond motifs is 1. The summed E-state index contributed by atoms with van der Waals surface area (Å²) in [6.45, 7) is 1.22. The van der Waals surface area contributed by atoms with E-state index in [9.17, 15) is 14.3 Å². The van der Waals surface area contributed by atoms with E-state index in [1.54, 1.807) is 4.57 Å². The number of aliphatic hydroxyl groups is 1. The maximum Gasteiger partial charge on any atom is 0.210 e. The molecule has 0 atom stereocenters. The average molecular weight is 370 g/mol. The number of aliphatic hydroxyl groups excluding tert-OH is 1. The van der Waals surface area contributed by atoms with Crippen molar-refractivity contribution in [1.29, 1.82) is 0 Å². The van der Waals surface area contributed by atoms with E-state index in [-0.39, 0.29) is 12.3 Å². The highest BCUT2D eigenvalue weighted by atomic mass is 19.1. The van der Waals surface area contributed by atoms with Crippen molar-refractivity contribution in [2.45, 2.75) is 19.9 Å². The topological polar surface area (TPSA) is 71.2 Å². The Morgan fingerprint density at radius 1 is 1.22 bits per heavy atom. The second kappa shape index (κ2) is 7.84. The van der Waals surface area contributed by atoms with Crippen molar-refractivity contribution in [3.05, 3.63) is 41.9 Å². The highest BCUT2D eigenvalue weighted by Crippen LogP contribution is 2.38. The Labute approximate surface area is 157 Å². The molecule has 0 amide bonds. The lowest BCUT2D eigenvalue weighted by Crippen LogP contribution is -2.13. The molecule has 0 saturated heterocycles. The number of benzene rings is 1. The van der Waals surface area contributed by atoms with E-state index in [0.29, 0.717) is 35.4 Å². The quantitative estimate of drug-likeness (QED) is 0.648. The molecule has 1 aromatic carbocycles. The standard InChI is InChI=1S/C20H23FN4O2/c1-13-5-7-14(8-6-13)16-17-19(24(2)3)22-12-23-20(17)25(9-4-10-26)18(16)15(27)11-21/h5-8,12,26H,4,9-11H2,1-3H3. The molecule has 142 valence electrons. The number of anilines is 1. The van der Waals surface area contributed by atoms with E-state index < -0.39 is 12.5 Å². The smallest absolute Gasteiger partial charge is 0.210 e. The summed E-state index contributed by atoms with van der Waals surface area (Å²) in [7, 11) is 3.73. The lowest BCUT2D eigenvalue weighted by Gasteiger charge is -2.13. The van der Waals surface area contributed by atoms with Gasteiger partial charge in [0.1, 0.15) is 17.8 Å². The normalized spacial score (nSPS) is 11.1. The van der Waals surface area contributed by atoms with Crippen molar-refractivity contribution in [2.24, 2.45) is 0 Å². The summed E-state index contributed by atoms with van der Waals surface area (Å²) >= 11 is 0. The van der Waals surface area contributed by atoms with Crippen LogP contribution in [0, 0.1) is 6.92 Å². The van der Waals surface area contributed by atoms with Crippen LogP contribution in [0.3, 0.4) is 0 Å².